The number of hydrogen-bond acceptors (Lipinski definition) is 2. The maximum Gasteiger partial charge on any atom is 0.0778 e. The van der Waals surface area contributed by atoms with Gasteiger partial charge < -0.3 is 5.11 Å². The SMILES string of the molecule is Cc1cnn(C2CCCCCCCCCCC2O)c1. The molecule has 2 rings (SSSR count). The Morgan fingerprint density at radius 1 is 1.00 bits per heavy atom. The summed E-state index contributed by atoms with van der Waals surface area (Å²) in [7, 11) is 0. The average molecular weight is 264 g/mol. The predicted molar refractivity (Wildman–Crippen MR) is 78.2 cm³/mol. The lowest BCUT2D eigenvalue weighted by atomic mass is 9.96. The molecule has 0 amide bonds. The summed E-state index contributed by atoms with van der Waals surface area (Å²) in [6, 6.07) is 0.174. The lowest BCUT2D eigenvalue weighted by Gasteiger charge is -2.24. The minimum absolute atomic E-state index is 0.174. The van der Waals surface area contributed by atoms with E-state index in [2.05, 4.69) is 18.2 Å². The first-order valence-electron chi connectivity index (χ1n) is 7.96. The van der Waals surface area contributed by atoms with Crippen molar-refractivity contribution in [3.8, 4) is 0 Å². The molecule has 0 aliphatic heterocycles. The Labute approximate surface area is 117 Å². The van der Waals surface area contributed by atoms with Crippen LogP contribution in [0, 0.1) is 6.92 Å². The van der Waals surface area contributed by atoms with Crippen LogP contribution in [0.1, 0.15) is 75.8 Å². The number of nitrogens with zero attached hydrogens (tertiary/aromatic N) is 2. The Morgan fingerprint density at radius 3 is 2.16 bits per heavy atom. The van der Waals surface area contributed by atoms with Gasteiger partial charge in [-0.05, 0) is 25.3 Å². The van der Waals surface area contributed by atoms with Crippen LogP contribution in [0.4, 0.5) is 0 Å². The molecule has 1 aromatic rings. The smallest absolute Gasteiger partial charge is 0.0778 e. The molecule has 0 saturated heterocycles. The van der Waals surface area contributed by atoms with E-state index in [4.69, 9.17) is 0 Å². The van der Waals surface area contributed by atoms with Gasteiger partial charge in [-0.1, -0.05) is 51.4 Å². The number of aliphatic hydroxyl groups excluding tert-OH is 1. The molecule has 0 spiro atoms. The maximum absolute atomic E-state index is 10.5. The van der Waals surface area contributed by atoms with Crippen LogP contribution in [0.15, 0.2) is 12.4 Å². The van der Waals surface area contributed by atoms with Crippen LogP contribution in [0.5, 0.6) is 0 Å². The van der Waals surface area contributed by atoms with Gasteiger partial charge in [0.1, 0.15) is 0 Å². The van der Waals surface area contributed by atoms with Crippen molar-refractivity contribution in [3.63, 3.8) is 0 Å². The van der Waals surface area contributed by atoms with Crippen molar-refractivity contribution in [2.24, 2.45) is 0 Å². The minimum Gasteiger partial charge on any atom is -0.391 e. The quantitative estimate of drug-likeness (QED) is 0.832. The standard InChI is InChI=1S/C16H28N2O/c1-14-12-17-18(13-14)15-10-8-6-4-2-3-5-7-9-11-16(15)19/h12-13,15-16,19H,2-11H2,1H3. The average Bonchev–Trinajstić information content (AvgIpc) is 2.80. The molecule has 1 aliphatic rings. The van der Waals surface area contributed by atoms with Crippen molar-refractivity contribution < 1.29 is 5.11 Å². The van der Waals surface area contributed by atoms with E-state index in [0.717, 1.165) is 19.3 Å². The van der Waals surface area contributed by atoms with E-state index in [1.54, 1.807) is 0 Å². The summed E-state index contributed by atoms with van der Waals surface area (Å²) in [5, 5.41) is 14.9. The fourth-order valence-electron chi connectivity index (χ4n) is 3.08. The molecular weight excluding hydrogens is 236 g/mol. The highest BCUT2D eigenvalue weighted by molar-refractivity contribution is 5.01. The Morgan fingerprint density at radius 2 is 1.58 bits per heavy atom. The summed E-state index contributed by atoms with van der Waals surface area (Å²) < 4.78 is 1.99. The number of aliphatic hydroxyl groups is 1. The minimum atomic E-state index is -0.237. The molecule has 0 radical (unpaired) electrons. The second kappa shape index (κ2) is 7.68. The molecule has 1 aromatic heterocycles. The second-order valence-corrected chi connectivity index (χ2v) is 6.04. The lowest BCUT2D eigenvalue weighted by molar-refractivity contribution is 0.0876. The van der Waals surface area contributed by atoms with Crippen molar-refractivity contribution in [1.82, 2.24) is 9.78 Å². The van der Waals surface area contributed by atoms with E-state index in [1.807, 2.05) is 10.9 Å². The van der Waals surface area contributed by atoms with E-state index in [-0.39, 0.29) is 12.1 Å². The summed E-state index contributed by atoms with van der Waals surface area (Å²) in [5.41, 5.74) is 1.18. The predicted octanol–water partition coefficient (Wildman–Crippen LogP) is 4.01. The van der Waals surface area contributed by atoms with Crippen LogP contribution in [0.2, 0.25) is 0 Å². The highest BCUT2D eigenvalue weighted by atomic mass is 16.3. The topological polar surface area (TPSA) is 38.0 Å². The summed E-state index contributed by atoms with van der Waals surface area (Å²) in [5.74, 6) is 0. The van der Waals surface area contributed by atoms with E-state index in [0.29, 0.717) is 0 Å². The molecule has 3 heteroatoms. The molecule has 0 bridgehead atoms. The van der Waals surface area contributed by atoms with Crippen LogP contribution >= 0.6 is 0 Å². The zero-order valence-corrected chi connectivity index (χ0v) is 12.2. The highest BCUT2D eigenvalue weighted by Gasteiger charge is 2.21. The van der Waals surface area contributed by atoms with Gasteiger partial charge in [-0.2, -0.15) is 5.10 Å². The number of rotatable bonds is 1. The van der Waals surface area contributed by atoms with Crippen molar-refractivity contribution in [1.29, 1.82) is 0 Å². The second-order valence-electron chi connectivity index (χ2n) is 6.04. The molecule has 108 valence electrons. The van der Waals surface area contributed by atoms with Crippen molar-refractivity contribution >= 4 is 0 Å². The molecule has 3 nitrogen and oxygen atoms in total. The van der Waals surface area contributed by atoms with Crippen molar-refractivity contribution in [2.75, 3.05) is 0 Å². The third-order valence-electron chi connectivity index (χ3n) is 4.26. The number of aryl methyl sites for hydroxylation is 1. The van der Waals surface area contributed by atoms with Crippen molar-refractivity contribution in [3.05, 3.63) is 18.0 Å². The molecule has 19 heavy (non-hydrogen) atoms. The Kier molecular flexibility index (Phi) is 5.90. The molecule has 1 saturated carbocycles. The molecule has 2 unspecified atom stereocenters. The fourth-order valence-corrected chi connectivity index (χ4v) is 3.08. The Bertz CT molecular complexity index is 361. The number of hydrogen-bond donors (Lipinski definition) is 1. The first-order chi connectivity index (χ1) is 9.27. The van der Waals surface area contributed by atoms with Gasteiger partial charge >= 0.3 is 0 Å². The van der Waals surface area contributed by atoms with Crippen molar-refractivity contribution in [2.45, 2.75) is 83.3 Å². The van der Waals surface area contributed by atoms with E-state index in [1.165, 1.54) is 50.5 Å². The van der Waals surface area contributed by atoms with Crippen LogP contribution in [0.3, 0.4) is 0 Å². The molecule has 2 atom stereocenters. The summed E-state index contributed by atoms with van der Waals surface area (Å²) >= 11 is 0. The van der Waals surface area contributed by atoms with Gasteiger partial charge in [0.25, 0.3) is 0 Å². The fraction of sp³-hybridized carbons (Fsp3) is 0.812. The van der Waals surface area contributed by atoms with Crippen LogP contribution in [-0.2, 0) is 0 Å². The zero-order valence-electron chi connectivity index (χ0n) is 12.2. The van der Waals surface area contributed by atoms with Gasteiger partial charge in [0.05, 0.1) is 18.3 Å². The first-order valence-corrected chi connectivity index (χ1v) is 7.96. The Hall–Kier alpha value is -0.830. The van der Waals surface area contributed by atoms with Gasteiger partial charge in [-0.15, -0.1) is 0 Å². The summed E-state index contributed by atoms with van der Waals surface area (Å²) in [4.78, 5) is 0. The molecular formula is C16H28N2O. The van der Waals surface area contributed by atoms with Gasteiger partial charge in [0.15, 0.2) is 0 Å². The molecule has 1 N–H and O–H groups in total. The van der Waals surface area contributed by atoms with Gasteiger partial charge in [-0.25, -0.2) is 0 Å². The summed E-state index contributed by atoms with van der Waals surface area (Å²) in [6.07, 6.45) is 16.1. The molecule has 1 heterocycles. The zero-order chi connectivity index (χ0) is 13.5. The van der Waals surface area contributed by atoms with E-state index >= 15 is 0 Å². The van der Waals surface area contributed by atoms with Gasteiger partial charge in [0.2, 0.25) is 0 Å². The lowest BCUT2D eigenvalue weighted by Crippen LogP contribution is -2.25. The van der Waals surface area contributed by atoms with Gasteiger partial charge in [0, 0.05) is 6.20 Å². The third kappa shape index (κ3) is 4.64. The Balaban J connectivity index is 1.98. The van der Waals surface area contributed by atoms with E-state index in [9.17, 15) is 5.11 Å². The third-order valence-corrected chi connectivity index (χ3v) is 4.26. The molecule has 1 fully saturated rings. The van der Waals surface area contributed by atoms with Crippen LogP contribution in [0.25, 0.3) is 0 Å². The van der Waals surface area contributed by atoms with E-state index < -0.39 is 0 Å². The normalized spacial score (nSPS) is 27.5. The largest absolute Gasteiger partial charge is 0.391 e. The number of aromatic nitrogens is 2. The molecule has 0 aromatic carbocycles. The maximum atomic E-state index is 10.5. The van der Waals surface area contributed by atoms with Gasteiger partial charge in [-0.3, -0.25) is 4.68 Å². The first kappa shape index (κ1) is 14.6. The summed E-state index contributed by atoms with van der Waals surface area (Å²) in [6.45, 7) is 2.06. The van der Waals surface area contributed by atoms with Crippen LogP contribution in [-0.4, -0.2) is 21.0 Å². The molecule has 1 aliphatic carbocycles. The van der Waals surface area contributed by atoms with Crippen LogP contribution < -0.4 is 0 Å². The monoisotopic (exact) mass is 264 g/mol. The highest BCUT2D eigenvalue weighted by Crippen LogP contribution is 2.25.